The largest absolute Gasteiger partial charge is 0.392 e. The van der Waals surface area contributed by atoms with Gasteiger partial charge in [0.15, 0.2) is 0 Å². The second kappa shape index (κ2) is 7.99. The van der Waals surface area contributed by atoms with Crippen molar-refractivity contribution in [3.05, 3.63) is 0 Å². The molecule has 1 amide bonds. The summed E-state index contributed by atoms with van der Waals surface area (Å²) in [4.78, 5) is 16.7. The van der Waals surface area contributed by atoms with Crippen LogP contribution in [0.25, 0.3) is 0 Å². The average Bonchev–Trinajstić information content (AvgIpc) is 2.76. The van der Waals surface area contributed by atoms with E-state index in [1.165, 1.54) is 19.3 Å². The lowest BCUT2D eigenvalue weighted by Gasteiger charge is -2.38. The van der Waals surface area contributed by atoms with E-state index in [1.54, 1.807) is 0 Å². The van der Waals surface area contributed by atoms with Gasteiger partial charge in [0.05, 0.1) is 12.6 Å². The maximum Gasteiger partial charge on any atom is 0.236 e. The first-order chi connectivity index (χ1) is 9.72. The lowest BCUT2D eigenvalue weighted by molar-refractivity contribution is -0.134. The van der Waals surface area contributed by atoms with Gasteiger partial charge in [-0.15, -0.1) is 0 Å². The van der Waals surface area contributed by atoms with E-state index in [1.807, 2.05) is 11.8 Å². The van der Waals surface area contributed by atoms with E-state index in [-0.39, 0.29) is 18.1 Å². The highest BCUT2D eigenvalue weighted by atomic mass is 16.3. The minimum atomic E-state index is -0.285. The maximum absolute atomic E-state index is 12.5. The molecule has 1 N–H and O–H groups in total. The number of carbonyl (C=O) groups excluding carboxylic acids is 1. The van der Waals surface area contributed by atoms with Crippen molar-refractivity contribution < 1.29 is 9.90 Å². The first-order valence-corrected chi connectivity index (χ1v) is 8.42. The predicted octanol–water partition coefficient (Wildman–Crippen LogP) is 2.01. The highest BCUT2D eigenvalue weighted by Crippen LogP contribution is 2.21. The molecule has 0 aliphatic carbocycles. The second-order valence-corrected chi connectivity index (χ2v) is 6.30. The predicted molar refractivity (Wildman–Crippen MR) is 80.6 cm³/mol. The van der Waals surface area contributed by atoms with Crippen molar-refractivity contribution in [2.45, 2.75) is 70.4 Å². The molecule has 2 rings (SSSR count). The van der Waals surface area contributed by atoms with Crippen LogP contribution in [-0.2, 0) is 4.79 Å². The summed E-state index contributed by atoms with van der Waals surface area (Å²) < 4.78 is 0. The molecule has 0 aromatic heterocycles. The zero-order valence-electron chi connectivity index (χ0n) is 12.9. The van der Waals surface area contributed by atoms with Crippen molar-refractivity contribution in [3.63, 3.8) is 0 Å². The third-order valence-corrected chi connectivity index (χ3v) is 4.82. The number of hydrogen-bond acceptors (Lipinski definition) is 3. The van der Waals surface area contributed by atoms with Gasteiger partial charge < -0.3 is 10.0 Å². The lowest BCUT2D eigenvalue weighted by atomic mass is 9.96. The number of rotatable bonds is 4. The van der Waals surface area contributed by atoms with E-state index in [2.05, 4.69) is 4.90 Å². The van der Waals surface area contributed by atoms with Crippen LogP contribution in [0.15, 0.2) is 0 Å². The summed E-state index contributed by atoms with van der Waals surface area (Å²) in [6, 6.07) is 0.185. The van der Waals surface area contributed by atoms with E-state index in [0.29, 0.717) is 6.54 Å². The third kappa shape index (κ3) is 4.19. The number of aliphatic hydroxyl groups excluding tert-OH is 1. The fraction of sp³-hybridized carbons (Fsp3) is 0.938. The third-order valence-electron chi connectivity index (χ3n) is 4.82. The molecule has 2 saturated heterocycles. The normalized spacial score (nSPS) is 27.1. The lowest BCUT2D eigenvalue weighted by Crippen LogP contribution is -2.51. The number of carbonyl (C=O) groups is 1. The Bertz CT molecular complexity index is 301. The van der Waals surface area contributed by atoms with E-state index in [9.17, 15) is 9.90 Å². The van der Waals surface area contributed by atoms with Crippen molar-refractivity contribution in [2.24, 2.45) is 0 Å². The highest BCUT2D eigenvalue weighted by molar-refractivity contribution is 5.78. The van der Waals surface area contributed by atoms with Crippen LogP contribution >= 0.6 is 0 Å². The summed E-state index contributed by atoms with van der Waals surface area (Å²) in [6.45, 7) is 5.33. The monoisotopic (exact) mass is 282 g/mol. The molecule has 2 unspecified atom stereocenters. The van der Waals surface area contributed by atoms with E-state index >= 15 is 0 Å². The minimum Gasteiger partial charge on any atom is -0.392 e. The van der Waals surface area contributed by atoms with Gasteiger partial charge in [-0.2, -0.15) is 0 Å². The van der Waals surface area contributed by atoms with Gasteiger partial charge in [-0.25, -0.2) is 0 Å². The van der Waals surface area contributed by atoms with Crippen molar-refractivity contribution >= 4 is 5.91 Å². The fourth-order valence-corrected chi connectivity index (χ4v) is 3.51. The first kappa shape index (κ1) is 15.8. The van der Waals surface area contributed by atoms with Crippen molar-refractivity contribution in [3.8, 4) is 0 Å². The van der Waals surface area contributed by atoms with Crippen molar-refractivity contribution in [2.75, 3.05) is 26.2 Å². The molecule has 20 heavy (non-hydrogen) atoms. The smallest absolute Gasteiger partial charge is 0.236 e. The molecule has 0 saturated carbocycles. The maximum atomic E-state index is 12.5. The molecular weight excluding hydrogens is 252 g/mol. The van der Waals surface area contributed by atoms with Crippen molar-refractivity contribution in [1.29, 1.82) is 0 Å². The van der Waals surface area contributed by atoms with Crippen LogP contribution in [0, 0.1) is 0 Å². The molecule has 2 fully saturated rings. The number of aliphatic hydroxyl groups is 1. The summed E-state index contributed by atoms with van der Waals surface area (Å²) in [5.41, 5.74) is 0. The van der Waals surface area contributed by atoms with E-state index in [4.69, 9.17) is 0 Å². The standard InChI is InChI=1S/C16H30N2O2/c1-2-15(19)14-9-5-8-12-18(14)13-16(20)17-10-6-3-4-7-11-17/h14-15,19H,2-13H2,1H3. The number of nitrogens with zero attached hydrogens (tertiary/aromatic N) is 2. The first-order valence-electron chi connectivity index (χ1n) is 8.42. The zero-order chi connectivity index (χ0) is 14.4. The molecule has 4 nitrogen and oxygen atoms in total. The molecule has 0 aromatic rings. The van der Waals surface area contributed by atoms with Gasteiger partial charge in [0.2, 0.25) is 5.91 Å². The second-order valence-electron chi connectivity index (χ2n) is 6.30. The molecule has 2 aliphatic heterocycles. The minimum absolute atomic E-state index is 0.185. The molecule has 2 aliphatic rings. The topological polar surface area (TPSA) is 43.8 Å². The van der Waals surface area contributed by atoms with Gasteiger partial charge in [-0.1, -0.05) is 26.2 Å². The Morgan fingerprint density at radius 3 is 2.40 bits per heavy atom. The van der Waals surface area contributed by atoms with Crippen LogP contribution in [0.4, 0.5) is 0 Å². The van der Waals surface area contributed by atoms with Crippen LogP contribution in [0.5, 0.6) is 0 Å². The van der Waals surface area contributed by atoms with Gasteiger partial charge in [-0.3, -0.25) is 9.69 Å². The molecule has 4 heteroatoms. The quantitative estimate of drug-likeness (QED) is 0.858. The number of likely N-dealkylation sites (tertiary alicyclic amines) is 2. The van der Waals surface area contributed by atoms with Gasteiger partial charge in [0, 0.05) is 19.1 Å². The molecule has 116 valence electrons. The van der Waals surface area contributed by atoms with E-state index in [0.717, 1.165) is 51.7 Å². The fourth-order valence-electron chi connectivity index (χ4n) is 3.51. The molecule has 0 spiro atoms. The molecule has 2 heterocycles. The van der Waals surface area contributed by atoms with Crippen LogP contribution in [-0.4, -0.2) is 59.1 Å². The number of piperidine rings is 1. The summed E-state index contributed by atoms with van der Waals surface area (Å²) >= 11 is 0. The number of amides is 1. The summed E-state index contributed by atoms with van der Waals surface area (Å²) in [6.07, 6.45) is 8.65. The molecular formula is C16H30N2O2. The summed E-state index contributed by atoms with van der Waals surface area (Å²) in [7, 11) is 0. The average molecular weight is 282 g/mol. The van der Waals surface area contributed by atoms with Gasteiger partial charge in [0.1, 0.15) is 0 Å². The number of hydrogen-bond donors (Lipinski definition) is 1. The molecule has 0 radical (unpaired) electrons. The summed E-state index contributed by atoms with van der Waals surface area (Å²) in [5, 5.41) is 10.2. The molecule has 0 bridgehead atoms. The van der Waals surface area contributed by atoms with Gasteiger partial charge in [-0.05, 0) is 38.6 Å². The van der Waals surface area contributed by atoms with Gasteiger partial charge >= 0.3 is 0 Å². The SMILES string of the molecule is CCC(O)C1CCCCN1CC(=O)N1CCCCCC1. The Morgan fingerprint density at radius 2 is 1.75 bits per heavy atom. The van der Waals surface area contributed by atoms with Crippen molar-refractivity contribution in [1.82, 2.24) is 9.80 Å². The van der Waals surface area contributed by atoms with Crippen LogP contribution in [0.3, 0.4) is 0 Å². The van der Waals surface area contributed by atoms with Crippen LogP contribution < -0.4 is 0 Å². The summed E-state index contributed by atoms with van der Waals surface area (Å²) in [5.74, 6) is 0.266. The molecule has 0 aromatic carbocycles. The Morgan fingerprint density at radius 1 is 1.10 bits per heavy atom. The Labute approximate surface area is 123 Å². The van der Waals surface area contributed by atoms with E-state index < -0.39 is 0 Å². The van der Waals surface area contributed by atoms with Gasteiger partial charge in [0.25, 0.3) is 0 Å². The molecule has 2 atom stereocenters. The Kier molecular flexibility index (Phi) is 6.30. The zero-order valence-corrected chi connectivity index (χ0v) is 12.9. The van der Waals surface area contributed by atoms with Crippen LogP contribution in [0.2, 0.25) is 0 Å². The Balaban J connectivity index is 1.90. The van der Waals surface area contributed by atoms with Crippen LogP contribution in [0.1, 0.15) is 58.3 Å². The Hall–Kier alpha value is -0.610. The highest BCUT2D eigenvalue weighted by Gasteiger charge is 2.30.